The molecule has 0 radical (unpaired) electrons. The van der Waals surface area contributed by atoms with E-state index in [-0.39, 0.29) is 0 Å². The van der Waals surface area contributed by atoms with Gasteiger partial charge in [0.05, 0.1) is 0 Å². The van der Waals surface area contributed by atoms with Crippen molar-refractivity contribution in [1.82, 2.24) is 0 Å². The SMILES string of the molecule is CC(C)c1ccc(CC2CCC(Br)C2C)cc1. The molecule has 1 heteroatoms. The Labute approximate surface area is 114 Å². The van der Waals surface area contributed by atoms with E-state index in [1.54, 1.807) is 0 Å². The van der Waals surface area contributed by atoms with Crippen LogP contribution in [-0.4, -0.2) is 4.83 Å². The van der Waals surface area contributed by atoms with Crippen molar-refractivity contribution >= 4 is 15.9 Å². The van der Waals surface area contributed by atoms with Crippen LogP contribution in [0.2, 0.25) is 0 Å². The van der Waals surface area contributed by atoms with E-state index >= 15 is 0 Å². The van der Waals surface area contributed by atoms with Gasteiger partial charge < -0.3 is 0 Å². The van der Waals surface area contributed by atoms with Crippen molar-refractivity contribution in [1.29, 1.82) is 0 Å². The van der Waals surface area contributed by atoms with Gasteiger partial charge >= 0.3 is 0 Å². The molecule has 2 rings (SSSR count). The number of hydrogen-bond acceptors (Lipinski definition) is 0. The molecule has 3 unspecified atom stereocenters. The Morgan fingerprint density at radius 1 is 1.18 bits per heavy atom. The average molecular weight is 295 g/mol. The molecule has 1 saturated carbocycles. The number of rotatable bonds is 3. The smallest absolute Gasteiger partial charge is 0.0174 e. The predicted octanol–water partition coefficient (Wildman–Crippen LogP) is 5.16. The van der Waals surface area contributed by atoms with Gasteiger partial charge in [-0.05, 0) is 48.1 Å². The van der Waals surface area contributed by atoms with E-state index < -0.39 is 0 Å². The Bertz CT molecular complexity index is 352. The van der Waals surface area contributed by atoms with Crippen LogP contribution in [0.1, 0.15) is 50.7 Å². The minimum atomic E-state index is 0.640. The first kappa shape index (κ1) is 13.1. The molecule has 1 aromatic rings. The van der Waals surface area contributed by atoms with Crippen LogP contribution in [0.3, 0.4) is 0 Å². The second-order valence-corrected chi connectivity index (χ2v) is 6.99. The third-order valence-electron chi connectivity index (χ3n) is 4.27. The van der Waals surface area contributed by atoms with Crippen LogP contribution in [0.5, 0.6) is 0 Å². The highest BCUT2D eigenvalue weighted by atomic mass is 79.9. The largest absolute Gasteiger partial charge is 0.0888 e. The Morgan fingerprint density at radius 3 is 2.29 bits per heavy atom. The van der Waals surface area contributed by atoms with Gasteiger partial charge in [0.25, 0.3) is 0 Å². The molecule has 0 bridgehead atoms. The molecule has 0 aromatic heterocycles. The summed E-state index contributed by atoms with van der Waals surface area (Å²) in [5, 5.41) is 0. The van der Waals surface area contributed by atoms with Crippen molar-refractivity contribution in [3.05, 3.63) is 35.4 Å². The van der Waals surface area contributed by atoms with Crippen molar-refractivity contribution < 1.29 is 0 Å². The Balaban J connectivity index is 1.99. The van der Waals surface area contributed by atoms with Crippen LogP contribution in [0, 0.1) is 11.8 Å². The summed E-state index contributed by atoms with van der Waals surface area (Å²) in [6.45, 7) is 6.90. The van der Waals surface area contributed by atoms with Gasteiger partial charge in [-0.2, -0.15) is 0 Å². The maximum Gasteiger partial charge on any atom is 0.0174 e. The molecule has 0 aliphatic heterocycles. The van der Waals surface area contributed by atoms with Crippen molar-refractivity contribution in [2.45, 2.75) is 50.8 Å². The van der Waals surface area contributed by atoms with E-state index in [0.29, 0.717) is 5.92 Å². The van der Waals surface area contributed by atoms with Gasteiger partial charge in [0.1, 0.15) is 0 Å². The lowest BCUT2D eigenvalue weighted by Crippen LogP contribution is -2.12. The zero-order valence-corrected chi connectivity index (χ0v) is 12.7. The molecule has 17 heavy (non-hydrogen) atoms. The number of alkyl halides is 1. The van der Waals surface area contributed by atoms with Crippen molar-refractivity contribution in [2.24, 2.45) is 11.8 Å². The lowest BCUT2D eigenvalue weighted by Gasteiger charge is -2.17. The maximum atomic E-state index is 3.79. The molecule has 0 amide bonds. The molecule has 94 valence electrons. The first-order chi connectivity index (χ1) is 8.08. The highest BCUT2D eigenvalue weighted by Gasteiger charge is 2.30. The topological polar surface area (TPSA) is 0 Å². The van der Waals surface area contributed by atoms with Crippen molar-refractivity contribution in [2.75, 3.05) is 0 Å². The van der Waals surface area contributed by atoms with Gasteiger partial charge in [-0.3, -0.25) is 0 Å². The molecule has 1 fully saturated rings. The molecule has 1 aliphatic rings. The summed E-state index contributed by atoms with van der Waals surface area (Å²) in [7, 11) is 0. The lowest BCUT2D eigenvalue weighted by atomic mass is 9.90. The Hall–Kier alpha value is -0.300. The first-order valence-electron chi connectivity index (χ1n) is 6.81. The fourth-order valence-corrected chi connectivity index (χ4v) is 3.52. The summed E-state index contributed by atoms with van der Waals surface area (Å²) < 4.78 is 0. The van der Waals surface area contributed by atoms with Crippen molar-refractivity contribution in [3.63, 3.8) is 0 Å². The number of benzene rings is 1. The summed E-state index contributed by atoms with van der Waals surface area (Å²) in [4.78, 5) is 0.738. The highest BCUT2D eigenvalue weighted by Crippen LogP contribution is 2.38. The van der Waals surface area contributed by atoms with Crippen LogP contribution >= 0.6 is 15.9 Å². The second kappa shape index (κ2) is 5.56. The predicted molar refractivity (Wildman–Crippen MR) is 78.8 cm³/mol. The molecule has 0 saturated heterocycles. The van der Waals surface area contributed by atoms with Crippen LogP contribution in [0.25, 0.3) is 0 Å². The third-order valence-corrected chi connectivity index (χ3v) is 5.56. The van der Waals surface area contributed by atoms with E-state index in [2.05, 4.69) is 61.0 Å². The van der Waals surface area contributed by atoms with Gasteiger partial charge in [-0.15, -0.1) is 0 Å². The van der Waals surface area contributed by atoms with Gasteiger partial charge in [-0.25, -0.2) is 0 Å². The van der Waals surface area contributed by atoms with Crippen LogP contribution in [0.15, 0.2) is 24.3 Å². The summed E-state index contributed by atoms with van der Waals surface area (Å²) in [5.74, 6) is 2.32. The maximum absolute atomic E-state index is 3.79. The Morgan fingerprint density at radius 2 is 1.82 bits per heavy atom. The summed E-state index contributed by atoms with van der Waals surface area (Å²) in [6, 6.07) is 9.24. The second-order valence-electron chi connectivity index (χ2n) is 5.81. The molecule has 0 heterocycles. The molecule has 1 aliphatic carbocycles. The van der Waals surface area contributed by atoms with E-state index in [4.69, 9.17) is 0 Å². The molecule has 0 nitrogen and oxygen atoms in total. The van der Waals surface area contributed by atoms with E-state index in [9.17, 15) is 0 Å². The summed E-state index contributed by atoms with van der Waals surface area (Å²) >= 11 is 3.79. The van der Waals surface area contributed by atoms with Gasteiger partial charge in [-0.1, -0.05) is 61.0 Å². The van der Waals surface area contributed by atoms with Crippen molar-refractivity contribution in [3.8, 4) is 0 Å². The molecule has 3 atom stereocenters. The Kier molecular flexibility index (Phi) is 4.30. The average Bonchev–Trinajstić information content (AvgIpc) is 2.62. The molecule has 0 N–H and O–H groups in total. The van der Waals surface area contributed by atoms with Gasteiger partial charge in [0.2, 0.25) is 0 Å². The fourth-order valence-electron chi connectivity index (χ4n) is 2.82. The highest BCUT2D eigenvalue weighted by molar-refractivity contribution is 9.09. The lowest BCUT2D eigenvalue weighted by molar-refractivity contribution is 0.423. The number of hydrogen-bond donors (Lipinski definition) is 0. The number of halogens is 1. The first-order valence-corrected chi connectivity index (χ1v) is 7.72. The van der Waals surface area contributed by atoms with Gasteiger partial charge in [0.15, 0.2) is 0 Å². The summed E-state index contributed by atoms with van der Waals surface area (Å²) in [5.41, 5.74) is 2.96. The standard InChI is InChI=1S/C16H23Br/c1-11(2)14-6-4-13(5-7-14)10-15-8-9-16(17)12(15)3/h4-7,11-12,15-16H,8-10H2,1-3H3. The molecular formula is C16H23Br. The van der Waals surface area contributed by atoms with E-state index in [0.717, 1.165) is 16.7 Å². The quantitative estimate of drug-likeness (QED) is 0.675. The van der Waals surface area contributed by atoms with Crippen LogP contribution in [-0.2, 0) is 6.42 Å². The molecular weight excluding hydrogens is 272 g/mol. The minimum Gasteiger partial charge on any atom is -0.0888 e. The summed E-state index contributed by atoms with van der Waals surface area (Å²) in [6.07, 6.45) is 3.97. The minimum absolute atomic E-state index is 0.640. The molecule has 0 spiro atoms. The monoisotopic (exact) mass is 294 g/mol. The van der Waals surface area contributed by atoms with E-state index in [1.807, 2.05) is 0 Å². The normalized spacial score (nSPS) is 28.9. The molecule has 1 aromatic carbocycles. The van der Waals surface area contributed by atoms with Crippen LogP contribution in [0.4, 0.5) is 0 Å². The van der Waals surface area contributed by atoms with Crippen LogP contribution < -0.4 is 0 Å². The zero-order chi connectivity index (χ0) is 12.4. The fraction of sp³-hybridized carbons (Fsp3) is 0.625. The van der Waals surface area contributed by atoms with E-state index in [1.165, 1.54) is 30.4 Å². The zero-order valence-electron chi connectivity index (χ0n) is 11.1. The van der Waals surface area contributed by atoms with Gasteiger partial charge in [0, 0.05) is 4.83 Å². The third kappa shape index (κ3) is 3.13.